The van der Waals surface area contributed by atoms with Crippen LogP contribution in [0.2, 0.25) is 0 Å². The molecule has 1 aromatic heterocycles. The van der Waals surface area contributed by atoms with E-state index in [-0.39, 0.29) is 0 Å². The van der Waals surface area contributed by atoms with Gasteiger partial charge in [0, 0.05) is 43.6 Å². The van der Waals surface area contributed by atoms with Crippen molar-refractivity contribution in [3.8, 4) is 0 Å². The van der Waals surface area contributed by atoms with Crippen LogP contribution in [0.5, 0.6) is 0 Å². The normalized spacial score (nSPS) is 23.3. The molecule has 1 atom stereocenters. The van der Waals surface area contributed by atoms with E-state index in [1.165, 1.54) is 54.9 Å². The van der Waals surface area contributed by atoms with Gasteiger partial charge in [-0.2, -0.15) is 0 Å². The van der Waals surface area contributed by atoms with E-state index < -0.39 is 0 Å². The van der Waals surface area contributed by atoms with Gasteiger partial charge in [-0.05, 0) is 55.6 Å². The van der Waals surface area contributed by atoms with Gasteiger partial charge in [0.1, 0.15) is 0 Å². The molecule has 0 radical (unpaired) electrons. The number of likely N-dealkylation sites (tertiary alicyclic amines) is 1. The first-order valence-corrected chi connectivity index (χ1v) is 10.9. The Hall–Kier alpha value is -1.20. The van der Waals surface area contributed by atoms with Crippen molar-refractivity contribution in [2.24, 2.45) is 0 Å². The third kappa shape index (κ3) is 4.55. The number of benzene rings is 1. The smallest absolute Gasteiger partial charge is 0.0472 e. The lowest BCUT2D eigenvalue weighted by Crippen LogP contribution is -2.46. The number of rotatable bonds is 5. The first kappa shape index (κ1) is 18.2. The Bertz CT molecular complexity index is 678. The molecule has 1 unspecified atom stereocenters. The fraction of sp³-hybridized carbons (Fsp3) is 0.545. The van der Waals surface area contributed by atoms with Crippen LogP contribution in [0.3, 0.4) is 0 Å². The molecule has 4 rings (SSSR count). The third-order valence-electron chi connectivity index (χ3n) is 5.86. The Kier molecular flexibility index (Phi) is 6.05. The zero-order valence-corrected chi connectivity index (χ0v) is 16.8. The number of likely N-dealkylation sites (N-methyl/N-ethyl adjacent to an activating group) is 1. The molecule has 3 heterocycles. The van der Waals surface area contributed by atoms with Crippen molar-refractivity contribution in [2.75, 3.05) is 39.8 Å². The number of thiophene rings is 1. The summed E-state index contributed by atoms with van der Waals surface area (Å²) in [7, 11) is 2.26. The predicted molar refractivity (Wildman–Crippen MR) is 111 cm³/mol. The fourth-order valence-corrected chi connectivity index (χ4v) is 5.22. The van der Waals surface area contributed by atoms with Gasteiger partial charge in [0.2, 0.25) is 0 Å². The van der Waals surface area contributed by atoms with Crippen LogP contribution < -0.4 is 0 Å². The molecule has 0 spiro atoms. The van der Waals surface area contributed by atoms with Crippen molar-refractivity contribution in [2.45, 2.75) is 38.4 Å². The minimum Gasteiger partial charge on any atom is -0.299 e. The molecule has 0 N–H and O–H groups in total. The molecular formula is C22H31N3S. The van der Waals surface area contributed by atoms with Crippen molar-refractivity contribution >= 4 is 11.3 Å². The molecule has 140 valence electrons. The van der Waals surface area contributed by atoms with E-state index >= 15 is 0 Å². The zero-order chi connectivity index (χ0) is 17.8. The molecule has 0 saturated carbocycles. The molecule has 0 bridgehead atoms. The van der Waals surface area contributed by atoms with E-state index in [0.29, 0.717) is 6.04 Å². The highest BCUT2D eigenvalue weighted by molar-refractivity contribution is 7.10. The number of nitrogens with zero attached hydrogens (tertiary/aromatic N) is 3. The van der Waals surface area contributed by atoms with E-state index in [1.54, 1.807) is 0 Å². The number of hydrogen-bond donors (Lipinski definition) is 0. The van der Waals surface area contributed by atoms with Gasteiger partial charge >= 0.3 is 0 Å². The van der Waals surface area contributed by atoms with Crippen LogP contribution in [-0.2, 0) is 13.1 Å². The van der Waals surface area contributed by atoms with Gasteiger partial charge in [-0.15, -0.1) is 11.3 Å². The summed E-state index contributed by atoms with van der Waals surface area (Å²) in [5, 5.41) is 2.38. The molecule has 2 aromatic rings. The largest absolute Gasteiger partial charge is 0.299 e. The molecule has 2 aliphatic rings. The molecular weight excluding hydrogens is 338 g/mol. The summed E-state index contributed by atoms with van der Waals surface area (Å²) in [6.07, 6.45) is 4.16. The van der Waals surface area contributed by atoms with Gasteiger partial charge in [-0.3, -0.25) is 14.7 Å². The van der Waals surface area contributed by atoms with E-state index in [2.05, 4.69) is 63.5 Å². The van der Waals surface area contributed by atoms with Crippen molar-refractivity contribution < 1.29 is 0 Å². The van der Waals surface area contributed by atoms with Crippen molar-refractivity contribution in [3.05, 3.63) is 57.8 Å². The highest BCUT2D eigenvalue weighted by atomic mass is 32.1. The lowest BCUT2D eigenvalue weighted by molar-refractivity contribution is 0.0912. The topological polar surface area (TPSA) is 9.72 Å². The van der Waals surface area contributed by atoms with Crippen molar-refractivity contribution in [1.82, 2.24) is 14.7 Å². The van der Waals surface area contributed by atoms with E-state index in [4.69, 9.17) is 0 Å². The second-order valence-corrected chi connectivity index (χ2v) is 8.90. The van der Waals surface area contributed by atoms with E-state index in [1.807, 2.05) is 11.3 Å². The van der Waals surface area contributed by atoms with Gasteiger partial charge in [0.05, 0.1) is 0 Å². The SMILES string of the molecule is CN1CCN(Cc2cc(CN3CCCCC3)cs2)CC1c1ccccc1. The van der Waals surface area contributed by atoms with E-state index in [9.17, 15) is 0 Å². The lowest BCUT2D eigenvalue weighted by Gasteiger charge is -2.39. The van der Waals surface area contributed by atoms with Crippen LogP contribution in [0.4, 0.5) is 0 Å². The maximum Gasteiger partial charge on any atom is 0.0472 e. The van der Waals surface area contributed by atoms with Crippen LogP contribution in [0, 0.1) is 0 Å². The predicted octanol–water partition coefficient (Wildman–Crippen LogP) is 4.22. The average molecular weight is 370 g/mol. The third-order valence-corrected chi connectivity index (χ3v) is 6.83. The standard InChI is InChI=1S/C22H31N3S/c1-23-12-13-25(17-22(23)20-8-4-2-5-9-20)16-21-14-19(18-26-21)15-24-10-6-3-7-11-24/h2,4-5,8-9,14,18,22H,3,6-7,10-13,15-17H2,1H3. The molecule has 2 aliphatic heterocycles. The first-order valence-electron chi connectivity index (χ1n) is 10.0. The monoisotopic (exact) mass is 369 g/mol. The highest BCUT2D eigenvalue weighted by Crippen LogP contribution is 2.26. The second-order valence-electron chi connectivity index (χ2n) is 7.90. The Morgan fingerprint density at radius 1 is 0.923 bits per heavy atom. The van der Waals surface area contributed by atoms with Gasteiger partial charge < -0.3 is 0 Å². The molecule has 1 aromatic carbocycles. The number of piperidine rings is 1. The summed E-state index contributed by atoms with van der Waals surface area (Å²) in [6, 6.07) is 13.9. The van der Waals surface area contributed by atoms with Crippen molar-refractivity contribution in [3.63, 3.8) is 0 Å². The first-order chi connectivity index (χ1) is 12.8. The second kappa shape index (κ2) is 8.66. The Labute approximate surface area is 162 Å². The molecule has 0 aliphatic carbocycles. The fourth-order valence-electron chi connectivity index (χ4n) is 4.30. The molecule has 26 heavy (non-hydrogen) atoms. The maximum atomic E-state index is 2.63. The van der Waals surface area contributed by atoms with Crippen LogP contribution in [0.1, 0.15) is 41.3 Å². The Balaban J connectivity index is 1.35. The quantitative estimate of drug-likeness (QED) is 0.781. The van der Waals surface area contributed by atoms with Crippen molar-refractivity contribution in [1.29, 1.82) is 0 Å². The number of hydrogen-bond acceptors (Lipinski definition) is 4. The average Bonchev–Trinajstić information content (AvgIpc) is 3.11. The van der Waals surface area contributed by atoms with Gasteiger partial charge in [0.25, 0.3) is 0 Å². The molecule has 0 amide bonds. The molecule has 3 nitrogen and oxygen atoms in total. The van der Waals surface area contributed by atoms with Crippen LogP contribution in [-0.4, -0.2) is 54.5 Å². The van der Waals surface area contributed by atoms with Crippen LogP contribution >= 0.6 is 11.3 Å². The summed E-state index contributed by atoms with van der Waals surface area (Å²) in [5.74, 6) is 0. The summed E-state index contributed by atoms with van der Waals surface area (Å²) in [6.45, 7) is 8.24. The highest BCUT2D eigenvalue weighted by Gasteiger charge is 2.25. The summed E-state index contributed by atoms with van der Waals surface area (Å²) in [4.78, 5) is 9.28. The Morgan fingerprint density at radius 3 is 2.54 bits per heavy atom. The number of piperazine rings is 1. The molecule has 2 saturated heterocycles. The Morgan fingerprint density at radius 2 is 1.73 bits per heavy atom. The maximum absolute atomic E-state index is 2.63. The van der Waals surface area contributed by atoms with Gasteiger partial charge in [0.15, 0.2) is 0 Å². The van der Waals surface area contributed by atoms with Gasteiger partial charge in [-0.25, -0.2) is 0 Å². The zero-order valence-electron chi connectivity index (χ0n) is 15.9. The molecule has 2 fully saturated rings. The van der Waals surface area contributed by atoms with Gasteiger partial charge in [-0.1, -0.05) is 36.8 Å². The summed E-state index contributed by atoms with van der Waals surface area (Å²) in [5.41, 5.74) is 2.96. The van der Waals surface area contributed by atoms with Crippen LogP contribution in [0.15, 0.2) is 41.8 Å². The summed E-state index contributed by atoms with van der Waals surface area (Å²) >= 11 is 1.95. The van der Waals surface area contributed by atoms with E-state index in [0.717, 1.165) is 26.2 Å². The lowest BCUT2D eigenvalue weighted by atomic mass is 10.0. The minimum absolute atomic E-state index is 0.512. The van der Waals surface area contributed by atoms with Crippen LogP contribution in [0.25, 0.3) is 0 Å². The summed E-state index contributed by atoms with van der Waals surface area (Å²) < 4.78 is 0. The minimum atomic E-state index is 0.512. The molecule has 4 heteroatoms.